The first kappa shape index (κ1) is 23.6. The van der Waals surface area contributed by atoms with Gasteiger partial charge in [0.05, 0.1) is 24.2 Å². The van der Waals surface area contributed by atoms with E-state index in [1.54, 1.807) is 13.8 Å². The van der Waals surface area contributed by atoms with Crippen molar-refractivity contribution in [3.05, 3.63) is 29.2 Å². The SMILES string of the molecule is CCOc1ncc(S(=O)(=O)N2CCN(C)CC2)cc1C(=O)Nc1c(CC)n[nH]c1C(N)=O. The van der Waals surface area contributed by atoms with E-state index in [0.717, 1.165) is 0 Å². The third kappa shape index (κ3) is 4.74. The monoisotopic (exact) mass is 465 g/mol. The molecule has 3 heterocycles. The number of aromatic nitrogens is 3. The molecule has 0 unspecified atom stereocenters. The number of hydrogen-bond acceptors (Lipinski definition) is 8. The molecule has 0 aliphatic carbocycles. The lowest BCUT2D eigenvalue weighted by Crippen LogP contribution is -2.47. The molecule has 1 aliphatic heterocycles. The van der Waals surface area contributed by atoms with Crippen molar-refractivity contribution >= 4 is 27.5 Å². The largest absolute Gasteiger partial charge is 0.477 e. The molecule has 2 aromatic heterocycles. The van der Waals surface area contributed by atoms with Crippen LogP contribution in [0.5, 0.6) is 5.88 Å². The van der Waals surface area contributed by atoms with Crippen LogP contribution in [0, 0.1) is 0 Å². The number of aryl methyl sites for hydroxylation is 1. The number of hydrogen-bond donors (Lipinski definition) is 3. The van der Waals surface area contributed by atoms with Gasteiger partial charge in [0.25, 0.3) is 11.8 Å². The van der Waals surface area contributed by atoms with Crippen LogP contribution >= 0.6 is 0 Å². The van der Waals surface area contributed by atoms with Crippen LogP contribution in [-0.2, 0) is 16.4 Å². The maximum absolute atomic E-state index is 13.1. The molecule has 1 fully saturated rings. The van der Waals surface area contributed by atoms with Crippen molar-refractivity contribution < 1.29 is 22.7 Å². The van der Waals surface area contributed by atoms with Crippen LogP contribution in [0.4, 0.5) is 5.69 Å². The lowest BCUT2D eigenvalue weighted by molar-refractivity contribution is 0.0996. The van der Waals surface area contributed by atoms with Crippen molar-refractivity contribution in [1.82, 2.24) is 24.4 Å². The Kier molecular flexibility index (Phi) is 7.11. The predicted molar refractivity (Wildman–Crippen MR) is 116 cm³/mol. The van der Waals surface area contributed by atoms with Crippen molar-refractivity contribution in [1.29, 1.82) is 0 Å². The summed E-state index contributed by atoms with van der Waals surface area (Å²) in [6.45, 7) is 5.62. The minimum absolute atomic E-state index is 0.0236. The highest BCUT2D eigenvalue weighted by Gasteiger charge is 2.30. The molecule has 0 spiro atoms. The number of piperazine rings is 1. The molecule has 0 saturated carbocycles. The topological polar surface area (TPSA) is 164 Å². The fourth-order valence-corrected chi connectivity index (χ4v) is 4.69. The molecule has 0 radical (unpaired) electrons. The number of amides is 2. The maximum atomic E-state index is 13.1. The highest BCUT2D eigenvalue weighted by molar-refractivity contribution is 7.89. The van der Waals surface area contributed by atoms with E-state index >= 15 is 0 Å². The zero-order valence-electron chi connectivity index (χ0n) is 18.2. The van der Waals surface area contributed by atoms with E-state index < -0.39 is 21.8 Å². The first-order valence-corrected chi connectivity index (χ1v) is 11.6. The number of ether oxygens (including phenoxy) is 1. The normalized spacial score (nSPS) is 15.5. The molecule has 12 nitrogen and oxygen atoms in total. The summed E-state index contributed by atoms with van der Waals surface area (Å²) >= 11 is 0. The van der Waals surface area contributed by atoms with Crippen LogP contribution in [0.3, 0.4) is 0 Å². The number of pyridine rings is 1. The first-order valence-electron chi connectivity index (χ1n) is 10.2. The van der Waals surface area contributed by atoms with Crippen molar-refractivity contribution in [3.63, 3.8) is 0 Å². The van der Waals surface area contributed by atoms with Gasteiger partial charge in [0, 0.05) is 26.2 Å². The van der Waals surface area contributed by atoms with Gasteiger partial charge in [0.2, 0.25) is 15.9 Å². The fraction of sp³-hybridized carbons (Fsp3) is 0.474. The minimum atomic E-state index is -3.85. The quantitative estimate of drug-likeness (QED) is 0.492. The summed E-state index contributed by atoms with van der Waals surface area (Å²) in [6, 6.07) is 1.23. The molecule has 3 rings (SSSR count). The number of rotatable bonds is 8. The van der Waals surface area contributed by atoms with Gasteiger partial charge < -0.3 is 20.7 Å². The first-order chi connectivity index (χ1) is 15.2. The van der Waals surface area contributed by atoms with E-state index in [4.69, 9.17) is 10.5 Å². The van der Waals surface area contributed by atoms with Gasteiger partial charge in [-0.05, 0) is 26.5 Å². The zero-order chi connectivity index (χ0) is 23.5. The smallest absolute Gasteiger partial charge is 0.268 e. The Hall–Kier alpha value is -3.03. The number of nitrogens with one attached hydrogen (secondary N) is 2. The molecule has 1 saturated heterocycles. The number of carbonyl (C=O) groups is 2. The number of likely N-dealkylation sites (N-methyl/N-ethyl adjacent to an activating group) is 1. The van der Waals surface area contributed by atoms with Gasteiger partial charge in [-0.2, -0.15) is 9.40 Å². The molecule has 4 N–H and O–H groups in total. The van der Waals surface area contributed by atoms with E-state index in [2.05, 4.69) is 20.5 Å². The summed E-state index contributed by atoms with van der Waals surface area (Å²) in [5.41, 5.74) is 5.79. The number of sulfonamides is 1. The molecule has 174 valence electrons. The van der Waals surface area contributed by atoms with Crippen LogP contribution in [0.15, 0.2) is 17.2 Å². The maximum Gasteiger partial charge on any atom is 0.268 e. The molecule has 1 aliphatic rings. The molecule has 32 heavy (non-hydrogen) atoms. The van der Waals surface area contributed by atoms with Gasteiger partial charge in [-0.25, -0.2) is 13.4 Å². The average molecular weight is 466 g/mol. The Labute approximate surface area is 186 Å². The van der Waals surface area contributed by atoms with Gasteiger partial charge in [0.15, 0.2) is 0 Å². The van der Waals surface area contributed by atoms with E-state index in [9.17, 15) is 18.0 Å². The Bertz CT molecular complexity index is 1110. The lowest BCUT2D eigenvalue weighted by Gasteiger charge is -2.31. The highest BCUT2D eigenvalue weighted by atomic mass is 32.2. The van der Waals surface area contributed by atoms with Crippen LogP contribution in [0.1, 0.15) is 40.4 Å². The number of nitrogens with zero attached hydrogens (tertiary/aromatic N) is 4. The fourth-order valence-electron chi connectivity index (χ4n) is 3.30. The van der Waals surface area contributed by atoms with Crippen molar-refractivity contribution in [3.8, 4) is 5.88 Å². The second-order valence-electron chi connectivity index (χ2n) is 7.26. The standard InChI is InChI=1S/C19H27N7O5S/c1-4-14-15(16(17(20)27)24-23-14)22-18(28)13-10-12(11-21-19(13)31-5-2)32(29,30)26-8-6-25(3)7-9-26/h10-11H,4-9H2,1-3H3,(H2,20,27)(H,22,28)(H,23,24). The van der Waals surface area contributed by atoms with E-state index in [-0.39, 0.29) is 34.3 Å². The van der Waals surface area contributed by atoms with Crippen molar-refractivity contribution in [2.45, 2.75) is 25.2 Å². The predicted octanol–water partition coefficient (Wildman–Crippen LogP) is 0.0531. The molecule has 2 aromatic rings. The summed E-state index contributed by atoms with van der Waals surface area (Å²) in [7, 11) is -1.93. The third-order valence-corrected chi connectivity index (χ3v) is 6.98. The second kappa shape index (κ2) is 9.63. The number of aromatic amines is 1. The minimum Gasteiger partial charge on any atom is -0.477 e. The molecule has 2 amide bonds. The summed E-state index contributed by atoms with van der Waals surface area (Å²) in [5, 5.41) is 9.10. The van der Waals surface area contributed by atoms with Crippen molar-refractivity contribution in [2.24, 2.45) is 5.73 Å². The third-order valence-electron chi connectivity index (χ3n) is 5.11. The van der Waals surface area contributed by atoms with Gasteiger partial charge >= 0.3 is 0 Å². The average Bonchev–Trinajstić information content (AvgIpc) is 3.17. The number of nitrogens with two attached hydrogens (primary N) is 1. The molecule has 0 aromatic carbocycles. The zero-order valence-corrected chi connectivity index (χ0v) is 19.0. The lowest BCUT2D eigenvalue weighted by atomic mass is 10.2. The molecular formula is C19H27N7O5S. The molecule has 0 bridgehead atoms. The van der Waals surface area contributed by atoms with Crippen LogP contribution < -0.4 is 15.8 Å². The van der Waals surface area contributed by atoms with Gasteiger partial charge in [-0.15, -0.1) is 0 Å². The van der Waals surface area contributed by atoms with E-state index in [1.807, 2.05) is 11.9 Å². The van der Waals surface area contributed by atoms with E-state index in [1.165, 1.54) is 16.6 Å². The van der Waals surface area contributed by atoms with Crippen LogP contribution in [0.25, 0.3) is 0 Å². The molecular weight excluding hydrogens is 438 g/mol. The highest BCUT2D eigenvalue weighted by Crippen LogP contribution is 2.26. The molecule has 13 heteroatoms. The summed E-state index contributed by atoms with van der Waals surface area (Å²) in [5.74, 6) is -1.51. The number of anilines is 1. The van der Waals surface area contributed by atoms with Gasteiger partial charge in [0.1, 0.15) is 16.2 Å². The second-order valence-corrected chi connectivity index (χ2v) is 9.19. The van der Waals surface area contributed by atoms with E-state index in [0.29, 0.717) is 38.3 Å². The van der Waals surface area contributed by atoms with Crippen LogP contribution in [-0.4, -0.2) is 84.5 Å². The Morgan fingerprint density at radius 2 is 1.94 bits per heavy atom. The number of H-pyrrole nitrogens is 1. The Morgan fingerprint density at radius 1 is 1.25 bits per heavy atom. The van der Waals surface area contributed by atoms with Crippen LogP contribution in [0.2, 0.25) is 0 Å². The number of primary amides is 1. The molecule has 0 atom stereocenters. The van der Waals surface area contributed by atoms with Gasteiger partial charge in [-0.1, -0.05) is 6.92 Å². The Morgan fingerprint density at radius 3 is 2.53 bits per heavy atom. The Balaban J connectivity index is 1.97. The van der Waals surface area contributed by atoms with Crippen molar-refractivity contribution in [2.75, 3.05) is 45.2 Å². The van der Waals surface area contributed by atoms with Gasteiger partial charge in [-0.3, -0.25) is 14.7 Å². The number of carbonyl (C=O) groups excluding carboxylic acids is 2. The summed E-state index contributed by atoms with van der Waals surface area (Å²) < 4.78 is 33.0. The summed E-state index contributed by atoms with van der Waals surface area (Å²) in [6.07, 6.45) is 1.60. The summed E-state index contributed by atoms with van der Waals surface area (Å²) in [4.78, 5) is 30.8.